The third kappa shape index (κ3) is 4.29. The maximum atomic E-state index is 13.2. The molecule has 1 aliphatic carbocycles. The quantitative estimate of drug-likeness (QED) is 0.522. The van der Waals surface area contributed by atoms with Crippen LogP contribution in [0.5, 0.6) is 0 Å². The van der Waals surface area contributed by atoms with Gasteiger partial charge in [0.2, 0.25) is 15.9 Å². The summed E-state index contributed by atoms with van der Waals surface area (Å²) in [5, 5.41) is 18.4. The molecule has 1 aromatic carbocycles. The maximum absolute atomic E-state index is 13.2. The molecule has 5 atom stereocenters. The van der Waals surface area contributed by atoms with Crippen molar-refractivity contribution in [1.82, 2.24) is 20.1 Å². The number of fused-ring (bicyclic) bond motifs is 2. The lowest BCUT2D eigenvalue weighted by molar-refractivity contribution is -0.128. The van der Waals surface area contributed by atoms with Crippen molar-refractivity contribution in [1.29, 1.82) is 5.26 Å². The van der Waals surface area contributed by atoms with Crippen LogP contribution >= 0.6 is 0 Å². The minimum absolute atomic E-state index is 0.000653. The van der Waals surface area contributed by atoms with Gasteiger partial charge in [-0.25, -0.2) is 18.9 Å². The second kappa shape index (κ2) is 9.58. The number of hydrogen-bond donors (Lipinski definition) is 3. The van der Waals surface area contributed by atoms with Crippen molar-refractivity contribution in [3.8, 4) is 6.07 Å². The Balaban J connectivity index is 1.39. The summed E-state index contributed by atoms with van der Waals surface area (Å²) in [6, 6.07) is 7.86. The number of hydrazine groups is 1. The molecule has 4 aliphatic rings. The van der Waals surface area contributed by atoms with Gasteiger partial charge in [-0.05, 0) is 56.9 Å². The van der Waals surface area contributed by atoms with Gasteiger partial charge in [0.1, 0.15) is 6.17 Å². The monoisotopic (exact) mass is 516 g/mol. The van der Waals surface area contributed by atoms with Crippen molar-refractivity contribution in [3.05, 3.63) is 23.8 Å². The molecule has 3 heterocycles. The van der Waals surface area contributed by atoms with Crippen LogP contribution in [0.1, 0.15) is 51.5 Å². The highest BCUT2D eigenvalue weighted by Gasteiger charge is 2.51. The lowest BCUT2D eigenvalue weighted by Crippen LogP contribution is -2.54. The lowest BCUT2D eigenvalue weighted by atomic mass is 9.83. The summed E-state index contributed by atoms with van der Waals surface area (Å²) >= 11 is 0. The number of nitrogens with one attached hydrogen (secondary N) is 3. The summed E-state index contributed by atoms with van der Waals surface area (Å²) in [5.41, 5.74) is 4.34. The van der Waals surface area contributed by atoms with Crippen LogP contribution in [0, 0.1) is 23.2 Å². The van der Waals surface area contributed by atoms with Crippen molar-refractivity contribution in [2.75, 3.05) is 25.6 Å². The van der Waals surface area contributed by atoms with Crippen molar-refractivity contribution in [3.63, 3.8) is 0 Å². The second-order valence-electron chi connectivity index (χ2n) is 11.0. The molecule has 1 aromatic rings. The molecule has 11 heteroatoms. The summed E-state index contributed by atoms with van der Waals surface area (Å²) in [5.74, 6) is -0.365. The Labute approximate surface area is 213 Å². The van der Waals surface area contributed by atoms with E-state index in [-0.39, 0.29) is 49.1 Å². The molecule has 3 fully saturated rings. The van der Waals surface area contributed by atoms with Gasteiger partial charge in [-0.15, -0.1) is 0 Å². The van der Waals surface area contributed by atoms with E-state index in [9.17, 15) is 18.5 Å². The number of piperidine rings is 1. The van der Waals surface area contributed by atoms with E-state index < -0.39 is 15.6 Å². The van der Waals surface area contributed by atoms with E-state index in [0.29, 0.717) is 11.4 Å². The highest BCUT2D eigenvalue weighted by atomic mass is 32.2. The number of hydrogen-bond acceptors (Lipinski definition) is 8. The van der Waals surface area contributed by atoms with Crippen molar-refractivity contribution >= 4 is 21.6 Å². The number of nitrogens with zero attached hydrogens (tertiary/aromatic N) is 3. The van der Waals surface area contributed by atoms with E-state index in [1.807, 2.05) is 19.9 Å². The van der Waals surface area contributed by atoms with Crippen LogP contribution in [-0.4, -0.2) is 67.7 Å². The SMILES string of the molecule is COCC(C)(C)N1Cc2cc(NC3NN([C@H]4CCCC[C@@H]4C#N)C4CCNC(=O)C34)ccc2S1(=O)=O. The fourth-order valence-corrected chi connectivity index (χ4v) is 8.39. The van der Waals surface area contributed by atoms with Gasteiger partial charge in [0, 0.05) is 38.0 Å². The number of benzene rings is 1. The smallest absolute Gasteiger partial charge is 0.244 e. The number of nitriles is 1. The molecule has 2 saturated heterocycles. The summed E-state index contributed by atoms with van der Waals surface area (Å²) in [7, 11) is -2.06. The van der Waals surface area contributed by atoms with Crippen molar-refractivity contribution in [2.45, 2.75) is 81.2 Å². The van der Waals surface area contributed by atoms with Crippen LogP contribution in [0.3, 0.4) is 0 Å². The van der Waals surface area contributed by atoms with Crippen LogP contribution in [-0.2, 0) is 26.1 Å². The Morgan fingerprint density at radius 2 is 2.00 bits per heavy atom. The molecular formula is C25H36N6O4S. The third-order valence-corrected chi connectivity index (χ3v) is 10.3. The van der Waals surface area contributed by atoms with Gasteiger partial charge in [-0.3, -0.25) is 4.79 Å². The highest BCUT2D eigenvalue weighted by molar-refractivity contribution is 7.89. The maximum Gasteiger partial charge on any atom is 0.244 e. The number of ether oxygens (including phenoxy) is 1. The fourth-order valence-electron chi connectivity index (χ4n) is 6.44. The average molecular weight is 517 g/mol. The molecule has 3 aliphatic heterocycles. The van der Waals surface area contributed by atoms with Gasteiger partial charge >= 0.3 is 0 Å². The van der Waals surface area contributed by atoms with E-state index >= 15 is 0 Å². The Morgan fingerprint density at radius 3 is 2.75 bits per heavy atom. The standard InChI is InChI=1S/C25H36N6O4S/c1-25(2,15-35-3)30-14-17-12-18(8-9-21(17)36(30,33)34)28-23-22-20(10-11-27-24(22)32)31(29-23)19-7-5-4-6-16(19)13-26/h8-9,12,16,19-20,22-23,28-29H,4-7,10-11,14-15H2,1-3H3,(H,27,32)/t16-,19+,20?,22?,23?/m1/s1. The van der Waals surface area contributed by atoms with Gasteiger partial charge < -0.3 is 15.4 Å². The van der Waals surface area contributed by atoms with Gasteiger partial charge in [0.15, 0.2) is 0 Å². The van der Waals surface area contributed by atoms with Crippen LogP contribution < -0.4 is 16.1 Å². The molecule has 5 rings (SSSR count). The zero-order valence-electron chi connectivity index (χ0n) is 21.2. The molecule has 3 unspecified atom stereocenters. The molecular weight excluding hydrogens is 480 g/mol. The Morgan fingerprint density at radius 1 is 1.22 bits per heavy atom. The van der Waals surface area contributed by atoms with Crippen molar-refractivity contribution in [2.24, 2.45) is 11.8 Å². The first-order valence-electron chi connectivity index (χ1n) is 12.8. The summed E-state index contributed by atoms with van der Waals surface area (Å²) < 4.78 is 33.2. The molecule has 0 radical (unpaired) electrons. The van der Waals surface area contributed by atoms with E-state index in [1.165, 1.54) is 4.31 Å². The average Bonchev–Trinajstić information content (AvgIpc) is 3.34. The Bertz CT molecular complexity index is 1170. The number of methoxy groups -OCH3 is 1. The van der Waals surface area contributed by atoms with E-state index in [2.05, 4.69) is 27.1 Å². The van der Waals surface area contributed by atoms with Gasteiger partial charge in [-0.1, -0.05) is 12.8 Å². The number of carbonyl (C=O) groups excluding carboxylic acids is 1. The molecule has 36 heavy (non-hydrogen) atoms. The number of rotatable bonds is 6. The molecule has 0 aromatic heterocycles. The van der Waals surface area contributed by atoms with Gasteiger partial charge in [0.25, 0.3) is 0 Å². The van der Waals surface area contributed by atoms with E-state index in [1.54, 1.807) is 19.2 Å². The zero-order valence-corrected chi connectivity index (χ0v) is 22.0. The highest BCUT2D eigenvalue weighted by Crippen LogP contribution is 2.39. The molecule has 1 saturated carbocycles. The first kappa shape index (κ1) is 25.4. The van der Waals surface area contributed by atoms with Gasteiger partial charge in [-0.2, -0.15) is 9.57 Å². The Hall–Kier alpha value is -2.23. The number of carbonyl (C=O) groups is 1. The second-order valence-corrected chi connectivity index (χ2v) is 12.8. The topological polar surface area (TPSA) is 127 Å². The van der Waals surface area contributed by atoms with Crippen molar-refractivity contribution < 1.29 is 17.9 Å². The predicted octanol–water partition coefficient (Wildman–Crippen LogP) is 1.76. The molecule has 10 nitrogen and oxygen atoms in total. The molecule has 1 amide bonds. The van der Waals surface area contributed by atoms with E-state index in [4.69, 9.17) is 4.74 Å². The summed E-state index contributed by atoms with van der Waals surface area (Å²) in [6.45, 7) is 4.90. The number of anilines is 1. The van der Waals surface area contributed by atoms with Gasteiger partial charge in [0.05, 0.1) is 34.9 Å². The summed E-state index contributed by atoms with van der Waals surface area (Å²) in [4.78, 5) is 13.3. The normalized spacial score (nSPS) is 32.4. The predicted molar refractivity (Wildman–Crippen MR) is 134 cm³/mol. The first-order valence-corrected chi connectivity index (χ1v) is 14.2. The van der Waals surface area contributed by atoms with Crippen LogP contribution in [0.2, 0.25) is 0 Å². The zero-order chi connectivity index (χ0) is 25.7. The van der Waals surface area contributed by atoms with Crippen LogP contribution in [0.4, 0.5) is 5.69 Å². The lowest BCUT2D eigenvalue weighted by Gasteiger charge is -2.39. The van der Waals surface area contributed by atoms with Crippen LogP contribution in [0.25, 0.3) is 0 Å². The third-order valence-electron chi connectivity index (χ3n) is 8.15. The Kier molecular flexibility index (Phi) is 6.76. The summed E-state index contributed by atoms with van der Waals surface area (Å²) in [6.07, 6.45) is 4.44. The largest absolute Gasteiger partial charge is 0.383 e. The minimum Gasteiger partial charge on any atom is -0.383 e. The molecule has 0 spiro atoms. The van der Waals surface area contributed by atoms with E-state index in [0.717, 1.165) is 43.4 Å². The minimum atomic E-state index is -3.62. The fraction of sp³-hybridized carbons (Fsp3) is 0.680. The first-order chi connectivity index (χ1) is 17.2. The molecule has 0 bridgehead atoms. The molecule has 196 valence electrons. The molecule has 3 N–H and O–H groups in total. The number of amides is 1. The van der Waals surface area contributed by atoms with Crippen LogP contribution in [0.15, 0.2) is 23.1 Å². The number of sulfonamides is 1.